The third-order valence-electron chi connectivity index (χ3n) is 2.76. The molecule has 1 unspecified atom stereocenters. The van der Waals surface area contributed by atoms with E-state index in [9.17, 15) is 4.79 Å². The van der Waals surface area contributed by atoms with Crippen molar-refractivity contribution in [2.75, 3.05) is 19.7 Å². The third-order valence-corrected chi connectivity index (χ3v) is 2.76. The normalized spacial score (nSPS) is 20.8. The monoisotopic (exact) mass is 238 g/mol. The van der Waals surface area contributed by atoms with Gasteiger partial charge in [-0.2, -0.15) is 5.10 Å². The highest BCUT2D eigenvalue weighted by Gasteiger charge is 2.23. The number of carbonyl (C=O) groups excluding carboxylic acids is 1. The van der Waals surface area contributed by atoms with E-state index in [0.29, 0.717) is 19.0 Å². The molecule has 1 saturated heterocycles. The van der Waals surface area contributed by atoms with Crippen molar-refractivity contribution in [3.8, 4) is 0 Å². The van der Waals surface area contributed by atoms with Gasteiger partial charge in [0.05, 0.1) is 13.0 Å². The fourth-order valence-electron chi connectivity index (χ4n) is 1.87. The molecule has 0 aromatic carbocycles. The molecule has 17 heavy (non-hydrogen) atoms. The fourth-order valence-corrected chi connectivity index (χ4v) is 1.87. The number of aromatic nitrogens is 3. The Labute approximate surface area is 100 Å². The number of rotatable bonds is 4. The first-order chi connectivity index (χ1) is 8.18. The number of carbonyl (C=O) groups is 1. The second-order valence-corrected chi connectivity index (χ2v) is 4.42. The Morgan fingerprint density at radius 3 is 3.18 bits per heavy atom. The number of ether oxygens (including phenoxy) is 1. The van der Waals surface area contributed by atoms with Crippen molar-refractivity contribution in [1.29, 1.82) is 0 Å². The number of Topliss-reactive ketones (excluding diaryl/α,β-unsaturated/α-hetero) is 1. The highest BCUT2D eigenvalue weighted by atomic mass is 16.5. The van der Waals surface area contributed by atoms with Crippen LogP contribution in [-0.4, -0.2) is 46.3 Å². The van der Waals surface area contributed by atoms with E-state index in [2.05, 4.69) is 15.4 Å². The lowest BCUT2D eigenvalue weighted by Gasteiger charge is -2.22. The van der Waals surface area contributed by atoms with Gasteiger partial charge in [-0.3, -0.25) is 4.79 Å². The Hall–Kier alpha value is -1.27. The van der Waals surface area contributed by atoms with Crippen LogP contribution in [0.2, 0.25) is 0 Å². The van der Waals surface area contributed by atoms with Crippen LogP contribution in [0.3, 0.4) is 0 Å². The van der Waals surface area contributed by atoms with Gasteiger partial charge in [0.25, 0.3) is 0 Å². The fraction of sp³-hybridized carbons (Fsp3) is 0.727. The van der Waals surface area contributed by atoms with Crippen LogP contribution < -0.4 is 5.32 Å². The summed E-state index contributed by atoms with van der Waals surface area (Å²) in [4.78, 5) is 16.1. The minimum atomic E-state index is -0.346. The molecule has 1 aliphatic rings. The van der Waals surface area contributed by atoms with Crippen LogP contribution in [0.5, 0.6) is 0 Å². The predicted molar refractivity (Wildman–Crippen MR) is 61.7 cm³/mol. The summed E-state index contributed by atoms with van der Waals surface area (Å²) in [7, 11) is 0. The number of morpholine rings is 1. The summed E-state index contributed by atoms with van der Waals surface area (Å²) >= 11 is 0. The smallest absolute Gasteiger partial charge is 0.170 e. The Morgan fingerprint density at radius 1 is 1.71 bits per heavy atom. The number of ketones is 1. The third kappa shape index (κ3) is 2.89. The first-order valence-corrected chi connectivity index (χ1v) is 5.92. The molecule has 1 N–H and O–H groups in total. The van der Waals surface area contributed by atoms with Crippen molar-refractivity contribution in [3.05, 3.63) is 12.2 Å². The van der Waals surface area contributed by atoms with E-state index < -0.39 is 0 Å². The second-order valence-electron chi connectivity index (χ2n) is 4.42. The Morgan fingerprint density at radius 2 is 2.53 bits per heavy atom. The highest BCUT2D eigenvalue weighted by molar-refractivity contribution is 5.85. The van der Waals surface area contributed by atoms with Crippen LogP contribution in [0.15, 0.2) is 6.33 Å². The number of nitrogens with one attached hydrogen (secondary N) is 1. The van der Waals surface area contributed by atoms with Gasteiger partial charge >= 0.3 is 0 Å². The summed E-state index contributed by atoms with van der Waals surface area (Å²) in [5.74, 6) is 0.770. The van der Waals surface area contributed by atoms with Crippen LogP contribution in [0.4, 0.5) is 0 Å². The topological polar surface area (TPSA) is 69.0 Å². The maximum atomic E-state index is 12.0. The van der Waals surface area contributed by atoms with Crippen molar-refractivity contribution in [1.82, 2.24) is 20.1 Å². The molecule has 2 heterocycles. The molecular weight excluding hydrogens is 220 g/mol. The number of hydrogen-bond donors (Lipinski definition) is 1. The lowest BCUT2D eigenvalue weighted by molar-refractivity contribution is -0.131. The van der Waals surface area contributed by atoms with E-state index in [1.807, 2.05) is 13.8 Å². The zero-order valence-corrected chi connectivity index (χ0v) is 10.2. The zero-order chi connectivity index (χ0) is 12.3. The quantitative estimate of drug-likeness (QED) is 0.797. The average Bonchev–Trinajstić information content (AvgIpc) is 2.78. The van der Waals surface area contributed by atoms with E-state index in [1.54, 1.807) is 4.68 Å². The summed E-state index contributed by atoms with van der Waals surface area (Å²) < 4.78 is 7.19. The molecule has 0 aliphatic carbocycles. The van der Waals surface area contributed by atoms with Gasteiger partial charge in [0, 0.05) is 19.1 Å². The van der Waals surface area contributed by atoms with Crippen molar-refractivity contribution in [3.63, 3.8) is 0 Å². The van der Waals surface area contributed by atoms with E-state index in [0.717, 1.165) is 6.54 Å². The van der Waals surface area contributed by atoms with Gasteiger partial charge < -0.3 is 10.1 Å². The summed E-state index contributed by atoms with van der Waals surface area (Å²) in [6.07, 6.45) is 1.42. The molecule has 0 spiro atoms. The number of hydrogen-bond acceptors (Lipinski definition) is 5. The molecule has 0 saturated carbocycles. The molecule has 0 bridgehead atoms. The molecule has 6 nitrogen and oxygen atoms in total. The van der Waals surface area contributed by atoms with Crippen LogP contribution >= 0.6 is 0 Å². The zero-order valence-electron chi connectivity index (χ0n) is 10.2. The van der Waals surface area contributed by atoms with E-state index in [1.165, 1.54) is 6.33 Å². The molecule has 1 aromatic rings. The Balaban J connectivity index is 1.99. The molecule has 0 amide bonds. The molecule has 1 aromatic heterocycles. The highest BCUT2D eigenvalue weighted by Crippen LogP contribution is 2.08. The lowest BCUT2D eigenvalue weighted by Crippen LogP contribution is -2.43. The van der Waals surface area contributed by atoms with Crippen molar-refractivity contribution >= 4 is 5.78 Å². The minimum Gasteiger partial charge on any atom is -0.368 e. The summed E-state index contributed by atoms with van der Waals surface area (Å²) in [5, 5.41) is 7.25. The lowest BCUT2D eigenvalue weighted by atomic mass is 10.1. The first-order valence-electron chi connectivity index (χ1n) is 5.92. The van der Waals surface area contributed by atoms with E-state index in [-0.39, 0.29) is 24.3 Å². The largest absolute Gasteiger partial charge is 0.368 e. The SMILES string of the molecule is CC(C)n1ncnc1CC(=O)C1CNCCO1. The van der Waals surface area contributed by atoms with Crippen LogP contribution in [0.1, 0.15) is 25.7 Å². The van der Waals surface area contributed by atoms with Gasteiger partial charge in [-0.1, -0.05) is 0 Å². The molecule has 6 heteroatoms. The summed E-state index contributed by atoms with van der Waals surface area (Å²) in [6.45, 7) is 6.02. The molecule has 1 atom stereocenters. The summed E-state index contributed by atoms with van der Waals surface area (Å²) in [5.41, 5.74) is 0. The Kier molecular flexibility index (Phi) is 3.86. The molecule has 0 radical (unpaired) electrons. The van der Waals surface area contributed by atoms with E-state index in [4.69, 9.17) is 4.74 Å². The van der Waals surface area contributed by atoms with Crippen LogP contribution in [-0.2, 0) is 16.0 Å². The van der Waals surface area contributed by atoms with Crippen molar-refractivity contribution in [2.24, 2.45) is 0 Å². The standard InChI is InChI=1S/C11H18N4O2/c1-8(2)15-11(13-7-14-15)5-9(16)10-6-12-3-4-17-10/h7-8,10,12H,3-6H2,1-2H3. The van der Waals surface area contributed by atoms with Gasteiger partial charge in [0.15, 0.2) is 5.78 Å². The van der Waals surface area contributed by atoms with Gasteiger partial charge in [0.1, 0.15) is 18.3 Å². The minimum absolute atomic E-state index is 0.0621. The summed E-state index contributed by atoms with van der Waals surface area (Å²) in [6, 6.07) is 0.214. The molecule has 94 valence electrons. The molecule has 2 rings (SSSR count). The Bertz CT molecular complexity index is 383. The van der Waals surface area contributed by atoms with Gasteiger partial charge in [-0.25, -0.2) is 9.67 Å². The van der Waals surface area contributed by atoms with Crippen molar-refractivity contribution < 1.29 is 9.53 Å². The molecule has 1 fully saturated rings. The maximum Gasteiger partial charge on any atom is 0.170 e. The second kappa shape index (κ2) is 5.37. The molecular formula is C11H18N4O2. The van der Waals surface area contributed by atoms with Crippen molar-refractivity contribution in [2.45, 2.75) is 32.4 Å². The molecule has 1 aliphatic heterocycles. The number of nitrogens with zero attached hydrogens (tertiary/aromatic N) is 3. The van der Waals surface area contributed by atoms with Crippen LogP contribution in [0.25, 0.3) is 0 Å². The van der Waals surface area contributed by atoms with Gasteiger partial charge in [-0.15, -0.1) is 0 Å². The maximum absolute atomic E-state index is 12.0. The average molecular weight is 238 g/mol. The first kappa shape index (κ1) is 12.2. The van der Waals surface area contributed by atoms with Gasteiger partial charge in [-0.05, 0) is 13.8 Å². The van der Waals surface area contributed by atoms with Gasteiger partial charge in [0.2, 0.25) is 0 Å². The van der Waals surface area contributed by atoms with E-state index >= 15 is 0 Å². The predicted octanol–water partition coefficient (Wildman–Crippen LogP) is -0.0410. The van der Waals surface area contributed by atoms with Crippen LogP contribution in [0, 0.1) is 0 Å².